The van der Waals surface area contributed by atoms with Crippen LogP contribution in [0.5, 0.6) is 0 Å². The van der Waals surface area contributed by atoms with Crippen molar-refractivity contribution in [2.24, 2.45) is 5.41 Å². The first-order chi connectivity index (χ1) is 9.94. The highest BCUT2D eigenvalue weighted by Crippen LogP contribution is 2.49. The summed E-state index contributed by atoms with van der Waals surface area (Å²) in [4.78, 5) is 21.4. The number of non-ortho nitro benzene ring substituents is 1. The van der Waals surface area contributed by atoms with Crippen molar-refractivity contribution in [1.82, 2.24) is 0 Å². The number of nitro groups is 1. The molecule has 0 saturated heterocycles. The highest BCUT2D eigenvalue weighted by molar-refractivity contribution is 7.84. The molecule has 1 fully saturated rings. The molecule has 1 aromatic rings. The topological polar surface area (TPSA) is 86.5 Å². The van der Waals surface area contributed by atoms with Crippen molar-refractivity contribution in [3.8, 4) is 0 Å². The Hall–Kier alpha value is -1.76. The van der Waals surface area contributed by atoms with Crippen molar-refractivity contribution in [1.29, 1.82) is 0 Å². The lowest BCUT2D eigenvalue weighted by Gasteiger charge is -2.13. The number of hydrogen-bond donors (Lipinski definition) is 0. The summed E-state index contributed by atoms with van der Waals surface area (Å²) in [5.41, 5.74) is 0.653. The van der Waals surface area contributed by atoms with E-state index in [9.17, 15) is 19.1 Å². The van der Waals surface area contributed by atoms with Gasteiger partial charge in [0.2, 0.25) is 0 Å². The van der Waals surface area contributed by atoms with Crippen LogP contribution in [0.4, 0.5) is 5.69 Å². The molecule has 6 nitrogen and oxygen atoms in total. The minimum absolute atomic E-state index is 0.0221. The molecule has 0 aromatic heterocycles. The zero-order valence-corrected chi connectivity index (χ0v) is 12.6. The fourth-order valence-electron chi connectivity index (χ4n) is 2.22. The molecule has 0 radical (unpaired) electrons. The maximum Gasteiger partial charge on any atom is 0.306 e. The van der Waals surface area contributed by atoms with Crippen molar-refractivity contribution >= 4 is 22.5 Å². The van der Waals surface area contributed by atoms with Crippen molar-refractivity contribution < 1.29 is 18.7 Å². The zero-order chi connectivity index (χ0) is 15.5. The first-order valence-electron chi connectivity index (χ1n) is 6.59. The standard InChI is InChI=1S/C14H17NO5S/c1-20-13(16)8-14(6-7-14)10-21(19)9-11-2-4-12(5-3-11)15(17)18/h2-5H,6-10H2,1H3. The van der Waals surface area contributed by atoms with Crippen LogP contribution < -0.4 is 0 Å². The van der Waals surface area contributed by atoms with Crippen LogP contribution >= 0.6 is 0 Å². The van der Waals surface area contributed by atoms with E-state index in [2.05, 4.69) is 4.74 Å². The number of esters is 1. The van der Waals surface area contributed by atoms with Gasteiger partial charge in [0.05, 0.1) is 18.5 Å². The SMILES string of the molecule is COC(=O)CC1(CS(=O)Cc2ccc([N+](=O)[O-])cc2)CC1. The molecule has 7 heteroatoms. The Morgan fingerprint density at radius 1 is 1.38 bits per heavy atom. The maximum absolute atomic E-state index is 12.2. The van der Waals surface area contributed by atoms with Gasteiger partial charge >= 0.3 is 5.97 Å². The third kappa shape index (κ3) is 4.35. The van der Waals surface area contributed by atoms with Crippen LogP contribution in [0.1, 0.15) is 24.8 Å². The lowest BCUT2D eigenvalue weighted by atomic mass is 10.1. The van der Waals surface area contributed by atoms with E-state index in [-0.39, 0.29) is 17.1 Å². The van der Waals surface area contributed by atoms with E-state index in [1.807, 2.05) is 0 Å². The van der Waals surface area contributed by atoms with E-state index < -0.39 is 15.7 Å². The molecule has 0 amide bonds. The third-order valence-corrected chi connectivity index (χ3v) is 5.24. The van der Waals surface area contributed by atoms with Gasteiger partial charge in [0.15, 0.2) is 0 Å². The lowest BCUT2D eigenvalue weighted by Crippen LogP contribution is -2.18. The first-order valence-corrected chi connectivity index (χ1v) is 8.08. The van der Waals surface area contributed by atoms with Gasteiger partial charge in [0, 0.05) is 34.4 Å². The minimum Gasteiger partial charge on any atom is -0.469 e. The Balaban J connectivity index is 1.90. The average Bonchev–Trinajstić information content (AvgIpc) is 3.18. The molecule has 1 aromatic carbocycles. The van der Waals surface area contributed by atoms with Crippen LogP contribution in [0.2, 0.25) is 0 Å². The van der Waals surface area contributed by atoms with Gasteiger partial charge in [-0.2, -0.15) is 0 Å². The lowest BCUT2D eigenvalue weighted by molar-refractivity contribution is -0.384. The van der Waals surface area contributed by atoms with Gasteiger partial charge in [-0.05, 0) is 23.8 Å². The number of nitrogens with zero attached hydrogens (tertiary/aromatic N) is 1. The Bertz CT molecular complexity index is 565. The second-order valence-corrected chi connectivity index (χ2v) is 6.86. The fraction of sp³-hybridized carbons (Fsp3) is 0.500. The summed E-state index contributed by atoms with van der Waals surface area (Å²) in [5, 5.41) is 10.6. The normalized spacial score (nSPS) is 17.0. The van der Waals surface area contributed by atoms with Crippen LogP contribution in [-0.4, -0.2) is 28.0 Å². The van der Waals surface area contributed by atoms with E-state index in [4.69, 9.17) is 0 Å². The van der Waals surface area contributed by atoms with Gasteiger partial charge in [-0.15, -0.1) is 0 Å². The number of carbonyl (C=O) groups is 1. The maximum atomic E-state index is 12.2. The smallest absolute Gasteiger partial charge is 0.306 e. The zero-order valence-electron chi connectivity index (χ0n) is 11.7. The number of carbonyl (C=O) groups excluding carboxylic acids is 1. The van der Waals surface area contributed by atoms with Crippen LogP contribution in [0.3, 0.4) is 0 Å². The van der Waals surface area contributed by atoms with Crippen molar-refractivity contribution in [2.45, 2.75) is 25.0 Å². The van der Waals surface area contributed by atoms with Crippen LogP contribution in [-0.2, 0) is 26.1 Å². The van der Waals surface area contributed by atoms with E-state index in [0.717, 1.165) is 18.4 Å². The van der Waals surface area contributed by atoms with Crippen molar-refractivity contribution in [2.75, 3.05) is 12.9 Å². The molecule has 0 N–H and O–H groups in total. The summed E-state index contributed by atoms with van der Waals surface area (Å²) in [6.07, 6.45) is 2.11. The average molecular weight is 311 g/mol. The van der Waals surface area contributed by atoms with Crippen LogP contribution in [0.15, 0.2) is 24.3 Å². The van der Waals surface area contributed by atoms with Gasteiger partial charge in [0.25, 0.3) is 5.69 Å². The number of ether oxygens (including phenoxy) is 1. The molecular formula is C14H17NO5S. The number of hydrogen-bond acceptors (Lipinski definition) is 5. The van der Waals surface area contributed by atoms with Crippen LogP contribution in [0, 0.1) is 15.5 Å². The Morgan fingerprint density at radius 3 is 2.48 bits per heavy atom. The molecule has 0 heterocycles. The van der Waals surface area contributed by atoms with Crippen molar-refractivity contribution in [3.63, 3.8) is 0 Å². The molecule has 1 unspecified atom stereocenters. The molecule has 1 atom stereocenters. The molecule has 0 bridgehead atoms. The monoisotopic (exact) mass is 311 g/mol. The van der Waals surface area contributed by atoms with Gasteiger partial charge in [0.1, 0.15) is 0 Å². The van der Waals surface area contributed by atoms with Gasteiger partial charge < -0.3 is 4.74 Å². The van der Waals surface area contributed by atoms with Gasteiger partial charge in [-0.1, -0.05) is 12.1 Å². The minimum atomic E-state index is -1.09. The summed E-state index contributed by atoms with van der Waals surface area (Å²) in [7, 11) is 0.262. The molecule has 1 saturated carbocycles. The second kappa shape index (κ2) is 6.34. The highest BCUT2D eigenvalue weighted by atomic mass is 32.2. The third-order valence-electron chi connectivity index (χ3n) is 3.65. The van der Waals surface area contributed by atoms with E-state index >= 15 is 0 Å². The summed E-state index contributed by atoms with van der Waals surface area (Å²) < 4.78 is 16.8. The molecule has 2 rings (SSSR count). The number of nitro benzene ring substituents is 1. The highest BCUT2D eigenvalue weighted by Gasteiger charge is 2.45. The molecule has 21 heavy (non-hydrogen) atoms. The largest absolute Gasteiger partial charge is 0.469 e. The Kier molecular flexibility index (Phi) is 4.72. The quantitative estimate of drug-likeness (QED) is 0.437. The van der Waals surface area contributed by atoms with Gasteiger partial charge in [-0.3, -0.25) is 19.1 Å². The predicted octanol–water partition coefficient (Wildman–Crippen LogP) is 2.19. The molecule has 1 aliphatic carbocycles. The van der Waals surface area contributed by atoms with E-state index in [1.165, 1.54) is 19.2 Å². The molecule has 0 aliphatic heterocycles. The second-order valence-electron chi connectivity index (χ2n) is 5.40. The summed E-state index contributed by atoms with van der Waals surface area (Å²) in [6.45, 7) is 0. The van der Waals surface area contributed by atoms with Crippen molar-refractivity contribution in [3.05, 3.63) is 39.9 Å². The Labute approximate surface area is 125 Å². The summed E-state index contributed by atoms with van der Waals surface area (Å²) in [6, 6.07) is 6.06. The van der Waals surface area contributed by atoms with Crippen LogP contribution in [0.25, 0.3) is 0 Å². The molecule has 1 aliphatic rings. The first kappa shape index (κ1) is 15.6. The van der Waals surface area contributed by atoms with E-state index in [1.54, 1.807) is 12.1 Å². The molecular weight excluding hydrogens is 294 g/mol. The Morgan fingerprint density at radius 2 is 2.00 bits per heavy atom. The molecule has 114 valence electrons. The number of rotatable bonds is 7. The summed E-state index contributed by atoms with van der Waals surface area (Å²) >= 11 is 0. The predicted molar refractivity (Wildman–Crippen MR) is 78.1 cm³/mol. The summed E-state index contributed by atoms with van der Waals surface area (Å²) in [5.74, 6) is 0.555. The van der Waals surface area contributed by atoms with Gasteiger partial charge in [-0.25, -0.2) is 0 Å². The number of benzene rings is 1. The van der Waals surface area contributed by atoms with E-state index in [0.29, 0.717) is 17.9 Å². The number of methoxy groups -OCH3 is 1. The fourth-order valence-corrected chi connectivity index (χ4v) is 3.96. The molecule has 0 spiro atoms.